The lowest BCUT2D eigenvalue weighted by atomic mass is 10.8. The van der Waals surface area contributed by atoms with Gasteiger partial charge in [0.05, 0.1) is 25.8 Å². The predicted octanol–water partition coefficient (Wildman–Crippen LogP) is 3.79. The van der Waals surface area contributed by atoms with Crippen LogP contribution in [0.5, 0.6) is 0 Å². The summed E-state index contributed by atoms with van der Waals surface area (Å²) in [7, 11) is -4.71. The first-order valence-corrected chi connectivity index (χ1v) is 24.1. The number of esters is 2. The fraction of sp³-hybridized carbons (Fsp3) is 0.905. The summed E-state index contributed by atoms with van der Waals surface area (Å²) < 4.78 is 31.2. The molecule has 0 bridgehead atoms. The van der Waals surface area contributed by atoms with Crippen molar-refractivity contribution >= 4 is 45.2 Å². The highest BCUT2D eigenvalue weighted by Gasteiger charge is 2.36. The largest absolute Gasteiger partial charge is 0.469 e. The molecule has 0 amide bonds. The van der Waals surface area contributed by atoms with E-state index in [1.54, 1.807) is 0 Å². The maximum atomic E-state index is 10.4. The van der Waals surface area contributed by atoms with Gasteiger partial charge in [-0.25, -0.2) is 0 Å². The Morgan fingerprint density at radius 2 is 1.18 bits per heavy atom. The lowest BCUT2D eigenvalue weighted by Gasteiger charge is -2.36. The normalized spacial score (nSPS) is 16.3. The van der Waals surface area contributed by atoms with E-state index >= 15 is 0 Å². The van der Waals surface area contributed by atoms with Crippen LogP contribution in [0.25, 0.3) is 0 Å². The number of rotatable bonds is 7. The highest BCUT2D eigenvalue weighted by molar-refractivity contribution is 6.78. The van der Waals surface area contributed by atoms with Gasteiger partial charge in [-0.1, -0.05) is 0 Å². The molecule has 0 aromatic rings. The van der Waals surface area contributed by atoms with Gasteiger partial charge in [0.2, 0.25) is 33.3 Å². The first-order chi connectivity index (χ1) is 15.3. The van der Waals surface area contributed by atoms with Crippen molar-refractivity contribution in [2.45, 2.75) is 80.1 Å². The van der Waals surface area contributed by atoms with Crippen molar-refractivity contribution in [2.75, 3.05) is 45.2 Å². The first kappa shape index (κ1) is 38.1. The Kier molecular flexibility index (Phi) is 21.1. The highest BCUT2D eigenvalue weighted by atomic mass is 28.4. The van der Waals surface area contributed by atoms with Crippen LogP contribution in [0.2, 0.25) is 52.4 Å². The Morgan fingerprint density at radius 1 is 0.824 bits per heavy atom. The smallest absolute Gasteiger partial charge is 0.302 e. The van der Waals surface area contributed by atoms with Crippen LogP contribution in [0.15, 0.2) is 0 Å². The Bertz CT molecular complexity index is 528. The van der Waals surface area contributed by atoms with Crippen molar-refractivity contribution in [3.8, 4) is 0 Å². The number of aliphatic hydroxyl groups excluding tert-OH is 1. The number of carbonyl (C=O) groups is 2. The first-order valence-electron chi connectivity index (χ1n) is 11.6. The molecule has 13 heteroatoms. The van der Waals surface area contributed by atoms with Crippen molar-refractivity contribution < 1.29 is 41.9 Å². The third kappa shape index (κ3) is 27.8. The predicted molar refractivity (Wildman–Crippen MR) is 146 cm³/mol. The van der Waals surface area contributed by atoms with Crippen LogP contribution in [-0.2, 0) is 36.8 Å². The van der Waals surface area contributed by atoms with Crippen molar-refractivity contribution in [3.05, 3.63) is 0 Å². The van der Waals surface area contributed by atoms with Crippen LogP contribution in [0.3, 0.4) is 0 Å². The molecule has 1 N–H and O–H groups in total. The summed E-state index contributed by atoms with van der Waals surface area (Å²) >= 11 is 0. The van der Waals surface area contributed by atoms with Gasteiger partial charge in [-0.3, -0.25) is 9.59 Å². The number of carbonyl (C=O) groups excluding carboxylic acids is 2. The Balaban J connectivity index is -0.000000390. The van der Waals surface area contributed by atoms with Gasteiger partial charge in [-0.15, -0.1) is 0 Å². The van der Waals surface area contributed by atoms with Crippen LogP contribution in [0.4, 0.5) is 0 Å². The van der Waals surface area contributed by atoms with Crippen molar-refractivity contribution in [3.63, 3.8) is 0 Å². The van der Waals surface area contributed by atoms with Gasteiger partial charge in [-0.2, -0.15) is 0 Å². The van der Waals surface area contributed by atoms with E-state index in [-0.39, 0.29) is 18.2 Å². The molecule has 1 saturated heterocycles. The maximum Gasteiger partial charge on any atom is 0.302 e. The van der Waals surface area contributed by atoms with Gasteiger partial charge in [0, 0.05) is 27.1 Å². The van der Waals surface area contributed by atoms with Crippen LogP contribution >= 0.6 is 0 Å². The zero-order valence-corrected chi connectivity index (χ0v) is 28.0. The number of aliphatic hydroxyl groups is 1. The Hall–Kier alpha value is -0.392. The molecular formula is C21H52O9Si4. The number of hydrogen-bond donors (Lipinski definition) is 1. The standard InChI is InChI=1S/C7H16O3Si.C6H16O2Si2.C5H14O2Si.C3H6O2/c1-5-10-11(3,4)6-9-7(2)8;1-9(2)5-8-10(3,4)6-7-9;1-4-7-8(2,3)5-6;1-3(4)5-2/h5-6H2,1-4H3;5-6H2,1-4H3;6H,4-5H2,1-3H3;1-2H3. The van der Waals surface area contributed by atoms with E-state index < -0.39 is 33.3 Å². The average molecular weight is 561 g/mol. The fourth-order valence-electron chi connectivity index (χ4n) is 1.97. The molecule has 1 rings (SSSR count). The fourth-order valence-corrected chi connectivity index (χ4v) is 10.3. The molecule has 0 saturated carbocycles. The summed E-state index contributed by atoms with van der Waals surface area (Å²) in [6.07, 6.45) is 2.47. The molecule has 1 aliphatic rings. The summed E-state index contributed by atoms with van der Waals surface area (Å²) in [4.78, 5) is 20.0. The minimum atomic E-state index is -1.71. The molecule has 34 heavy (non-hydrogen) atoms. The maximum absolute atomic E-state index is 10.4. The molecule has 1 heterocycles. The van der Waals surface area contributed by atoms with E-state index in [0.717, 1.165) is 19.1 Å². The third-order valence-electron chi connectivity index (χ3n) is 3.98. The molecule has 206 valence electrons. The minimum Gasteiger partial charge on any atom is -0.469 e. The molecule has 0 atom stereocenters. The Labute approximate surface area is 212 Å². The van der Waals surface area contributed by atoms with Crippen molar-refractivity contribution in [2.24, 2.45) is 0 Å². The van der Waals surface area contributed by atoms with Crippen LogP contribution < -0.4 is 0 Å². The molecule has 9 nitrogen and oxygen atoms in total. The van der Waals surface area contributed by atoms with E-state index in [1.165, 1.54) is 21.0 Å². The molecule has 1 fully saturated rings. The number of ether oxygens (including phenoxy) is 2. The number of hydrogen-bond acceptors (Lipinski definition) is 9. The Morgan fingerprint density at radius 3 is 1.38 bits per heavy atom. The van der Waals surface area contributed by atoms with E-state index in [1.807, 2.05) is 40.0 Å². The van der Waals surface area contributed by atoms with Crippen LogP contribution in [0.1, 0.15) is 27.7 Å². The van der Waals surface area contributed by atoms with Crippen molar-refractivity contribution in [1.82, 2.24) is 0 Å². The molecular weight excluding hydrogens is 509 g/mol. The summed E-state index contributed by atoms with van der Waals surface area (Å²) in [6.45, 7) is 25.0. The lowest BCUT2D eigenvalue weighted by molar-refractivity contribution is -0.139. The molecule has 0 unspecified atom stereocenters. The SMILES string of the molecule is CCO[Si](C)(C)CO.CCO[Si](C)(C)COC(C)=O.COC(C)=O.C[Si]1(C)CO[Si](C)(C)CO1. The molecule has 0 aromatic heterocycles. The lowest BCUT2D eigenvalue weighted by Crippen LogP contribution is -2.54. The van der Waals surface area contributed by atoms with E-state index in [9.17, 15) is 9.59 Å². The molecule has 0 radical (unpaired) electrons. The van der Waals surface area contributed by atoms with Gasteiger partial charge in [0.15, 0.2) is 0 Å². The second-order valence-electron chi connectivity index (χ2n) is 10.1. The zero-order chi connectivity index (χ0) is 27.6. The van der Waals surface area contributed by atoms with E-state index in [2.05, 4.69) is 30.9 Å². The summed E-state index contributed by atoms with van der Waals surface area (Å²) in [5.74, 6) is -0.477. The monoisotopic (exact) mass is 560 g/mol. The molecule has 0 spiro atoms. The van der Waals surface area contributed by atoms with Gasteiger partial charge >= 0.3 is 11.9 Å². The second-order valence-corrected chi connectivity index (χ2v) is 26.5. The topological polar surface area (TPSA) is 110 Å². The average Bonchev–Trinajstić information content (AvgIpc) is 2.71. The zero-order valence-electron chi connectivity index (χ0n) is 24.0. The van der Waals surface area contributed by atoms with Gasteiger partial charge < -0.3 is 32.3 Å². The van der Waals surface area contributed by atoms with Gasteiger partial charge in [0.25, 0.3) is 0 Å². The summed E-state index contributed by atoms with van der Waals surface area (Å²) in [6, 6.07) is 0. The second kappa shape index (κ2) is 18.8. The summed E-state index contributed by atoms with van der Waals surface area (Å²) in [5, 5.41) is 8.66. The summed E-state index contributed by atoms with van der Waals surface area (Å²) in [5.41, 5.74) is 0. The number of methoxy groups -OCH3 is 1. The van der Waals surface area contributed by atoms with Gasteiger partial charge in [0.1, 0.15) is 6.23 Å². The van der Waals surface area contributed by atoms with E-state index in [4.69, 9.17) is 27.5 Å². The quantitative estimate of drug-likeness (QED) is 0.367. The van der Waals surface area contributed by atoms with Crippen LogP contribution in [0, 0.1) is 0 Å². The minimum absolute atomic E-state index is 0.223. The molecule has 0 aromatic carbocycles. The van der Waals surface area contributed by atoms with Crippen molar-refractivity contribution in [1.29, 1.82) is 0 Å². The molecule has 0 aliphatic carbocycles. The highest BCUT2D eigenvalue weighted by Crippen LogP contribution is 2.18. The van der Waals surface area contributed by atoms with Crippen LogP contribution in [-0.4, -0.2) is 95.6 Å². The van der Waals surface area contributed by atoms with E-state index in [0.29, 0.717) is 12.8 Å². The van der Waals surface area contributed by atoms with Gasteiger partial charge in [-0.05, 0) is 66.2 Å². The third-order valence-corrected chi connectivity index (χ3v) is 11.8. The molecule has 1 aliphatic heterocycles.